The van der Waals surface area contributed by atoms with E-state index in [-0.39, 0.29) is 30.9 Å². The second-order valence-corrected chi connectivity index (χ2v) is 8.66. The number of anilines is 3. The smallest absolute Gasteiger partial charge is 0.225 e. The Labute approximate surface area is 199 Å². The maximum atomic E-state index is 12.7. The zero-order valence-electron chi connectivity index (χ0n) is 18.0. The van der Waals surface area contributed by atoms with Crippen molar-refractivity contribution in [1.82, 2.24) is 15.0 Å². The minimum atomic E-state index is -0.593. The van der Waals surface area contributed by atoms with Gasteiger partial charge >= 0.3 is 0 Å². The van der Waals surface area contributed by atoms with Gasteiger partial charge in [0.05, 0.1) is 11.1 Å². The van der Waals surface area contributed by atoms with Crippen molar-refractivity contribution in [1.29, 1.82) is 0 Å². The third-order valence-corrected chi connectivity index (χ3v) is 5.93. The first-order valence-corrected chi connectivity index (χ1v) is 11.2. The summed E-state index contributed by atoms with van der Waals surface area (Å²) >= 11 is 7.42. The van der Waals surface area contributed by atoms with E-state index < -0.39 is 18.3 Å². The summed E-state index contributed by atoms with van der Waals surface area (Å²) in [6.45, 7) is 2.98. The molecule has 0 fully saturated rings. The Bertz CT molecular complexity index is 1180. The van der Waals surface area contributed by atoms with Gasteiger partial charge in [-0.3, -0.25) is 14.4 Å². The van der Waals surface area contributed by atoms with Crippen molar-refractivity contribution in [3.8, 4) is 0 Å². The van der Waals surface area contributed by atoms with E-state index in [0.29, 0.717) is 26.7 Å². The van der Waals surface area contributed by atoms with Crippen LogP contribution in [0.3, 0.4) is 0 Å². The van der Waals surface area contributed by atoms with Crippen LogP contribution < -0.4 is 10.6 Å². The van der Waals surface area contributed by atoms with Crippen LogP contribution in [0.5, 0.6) is 0 Å². The Morgan fingerprint density at radius 1 is 1.12 bits per heavy atom. The molecule has 2 aromatic heterocycles. The number of carbonyl (C=O) groups excluding carboxylic acids is 3. The Morgan fingerprint density at radius 2 is 1.88 bits per heavy atom. The lowest BCUT2D eigenvalue weighted by Crippen LogP contribution is -2.16. The standard InChI is InChI=1S/C22H22ClN5O4S/c1-12-4-3-5-16(23)15(12)8-17(31)18-10-24-22(33-18)28-20-9-19(25-13(2)26-20)27-21(32)7-6-14(30)11-29/h3-5,9-10,29H,6-8,11H2,1-2H3,(H2,24,25,26,27,28,32). The summed E-state index contributed by atoms with van der Waals surface area (Å²) in [6, 6.07) is 7.03. The number of benzene rings is 1. The number of nitrogens with zero attached hydrogens (tertiary/aromatic N) is 3. The molecule has 33 heavy (non-hydrogen) atoms. The third-order valence-electron chi connectivity index (χ3n) is 4.62. The van der Waals surface area contributed by atoms with Gasteiger partial charge in [-0.05, 0) is 31.0 Å². The predicted octanol–water partition coefficient (Wildman–Crippen LogP) is 3.65. The first-order valence-electron chi connectivity index (χ1n) is 10.0. The number of thiazole rings is 1. The molecule has 3 aromatic rings. The summed E-state index contributed by atoms with van der Waals surface area (Å²) in [5.41, 5.74) is 1.74. The van der Waals surface area contributed by atoms with Crippen molar-refractivity contribution in [2.24, 2.45) is 0 Å². The highest BCUT2D eigenvalue weighted by molar-refractivity contribution is 7.17. The lowest BCUT2D eigenvalue weighted by molar-refractivity contribution is -0.124. The van der Waals surface area contributed by atoms with Crippen LogP contribution in [0.25, 0.3) is 0 Å². The minimum absolute atomic E-state index is 0.0544. The molecule has 1 aromatic carbocycles. The van der Waals surface area contributed by atoms with Crippen LogP contribution >= 0.6 is 22.9 Å². The van der Waals surface area contributed by atoms with Crippen molar-refractivity contribution >= 4 is 57.2 Å². The van der Waals surface area contributed by atoms with E-state index >= 15 is 0 Å². The number of halogens is 1. The van der Waals surface area contributed by atoms with E-state index in [9.17, 15) is 14.4 Å². The van der Waals surface area contributed by atoms with Gasteiger partial charge in [0.1, 0.15) is 24.1 Å². The van der Waals surface area contributed by atoms with Gasteiger partial charge in [0, 0.05) is 30.4 Å². The Balaban J connectivity index is 1.66. The summed E-state index contributed by atoms with van der Waals surface area (Å²) in [5.74, 6) is 0.140. The van der Waals surface area contributed by atoms with Gasteiger partial charge < -0.3 is 15.7 Å². The van der Waals surface area contributed by atoms with Gasteiger partial charge in [-0.25, -0.2) is 15.0 Å². The van der Waals surface area contributed by atoms with Crippen LogP contribution in [-0.4, -0.2) is 44.1 Å². The van der Waals surface area contributed by atoms with Gasteiger partial charge in [0.2, 0.25) is 5.91 Å². The number of hydrogen-bond donors (Lipinski definition) is 3. The van der Waals surface area contributed by atoms with Crippen LogP contribution in [0.4, 0.5) is 16.8 Å². The average molecular weight is 488 g/mol. The maximum Gasteiger partial charge on any atom is 0.225 e. The second-order valence-electron chi connectivity index (χ2n) is 7.22. The van der Waals surface area contributed by atoms with E-state index in [2.05, 4.69) is 25.6 Å². The zero-order valence-corrected chi connectivity index (χ0v) is 19.6. The zero-order chi connectivity index (χ0) is 24.0. The third kappa shape index (κ3) is 6.88. The monoisotopic (exact) mass is 487 g/mol. The fourth-order valence-corrected chi connectivity index (χ4v) is 3.99. The summed E-state index contributed by atoms with van der Waals surface area (Å²) in [4.78, 5) is 49.0. The molecular formula is C22H22ClN5O4S. The largest absolute Gasteiger partial charge is 0.389 e. The van der Waals surface area contributed by atoms with Crippen molar-refractivity contribution in [3.05, 3.63) is 57.3 Å². The molecule has 11 heteroatoms. The maximum absolute atomic E-state index is 12.7. The van der Waals surface area contributed by atoms with Crippen LogP contribution in [0.1, 0.15) is 39.5 Å². The number of aromatic nitrogens is 3. The highest BCUT2D eigenvalue weighted by atomic mass is 35.5. The second kappa shape index (κ2) is 11.1. The number of aliphatic hydroxyl groups excluding tert-OH is 1. The van der Waals surface area contributed by atoms with Crippen LogP contribution in [0.15, 0.2) is 30.5 Å². The molecule has 0 atom stereocenters. The van der Waals surface area contributed by atoms with Gasteiger partial charge in [-0.15, -0.1) is 0 Å². The number of aliphatic hydroxyl groups is 1. The molecule has 0 radical (unpaired) electrons. The molecular weight excluding hydrogens is 466 g/mol. The van der Waals surface area contributed by atoms with Crippen LogP contribution in [0, 0.1) is 13.8 Å². The molecule has 3 N–H and O–H groups in total. The molecule has 0 bridgehead atoms. The van der Waals surface area contributed by atoms with E-state index in [1.807, 2.05) is 19.1 Å². The Morgan fingerprint density at radius 3 is 2.61 bits per heavy atom. The predicted molar refractivity (Wildman–Crippen MR) is 126 cm³/mol. The fourth-order valence-electron chi connectivity index (χ4n) is 2.94. The molecule has 0 saturated heterocycles. The number of Topliss-reactive ketones (excluding diaryl/α,β-unsaturated/α-hetero) is 2. The molecule has 172 valence electrons. The number of carbonyl (C=O) groups is 3. The fraction of sp³-hybridized carbons (Fsp3) is 0.273. The lowest BCUT2D eigenvalue weighted by atomic mass is 10.0. The van der Waals surface area contributed by atoms with Gasteiger partial charge in [-0.2, -0.15) is 0 Å². The van der Waals surface area contributed by atoms with E-state index in [1.165, 1.54) is 23.6 Å². The van der Waals surface area contributed by atoms with Gasteiger partial charge in [0.15, 0.2) is 16.7 Å². The van der Waals surface area contributed by atoms with Gasteiger partial charge in [-0.1, -0.05) is 35.1 Å². The molecule has 0 aliphatic heterocycles. The van der Waals surface area contributed by atoms with Crippen LogP contribution in [-0.2, 0) is 16.0 Å². The summed E-state index contributed by atoms with van der Waals surface area (Å²) in [7, 11) is 0. The van der Waals surface area contributed by atoms with E-state index in [4.69, 9.17) is 16.7 Å². The number of ketones is 2. The molecule has 0 unspecified atom stereocenters. The minimum Gasteiger partial charge on any atom is -0.389 e. The number of rotatable bonds is 10. The number of amides is 1. The van der Waals surface area contributed by atoms with Crippen molar-refractivity contribution < 1.29 is 19.5 Å². The van der Waals surface area contributed by atoms with Crippen molar-refractivity contribution in [2.45, 2.75) is 33.1 Å². The molecule has 0 aliphatic rings. The summed E-state index contributed by atoms with van der Waals surface area (Å²) < 4.78 is 0. The van der Waals surface area contributed by atoms with Crippen LogP contribution in [0.2, 0.25) is 5.02 Å². The van der Waals surface area contributed by atoms with Gasteiger partial charge in [0.25, 0.3) is 0 Å². The highest BCUT2D eigenvalue weighted by Crippen LogP contribution is 2.26. The molecule has 9 nitrogen and oxygen atoms in total. The summed E-state index contributed by atoms with van der Waals surface area (Å²) in [5, 5.41) is 15.4. The van der Waals surface area contributed by atoms with E-state index in [1.54, 1.807) is 13.0 Å². The normalized spacial score (nSPS) is 10.7. The quantitative estimate of drug-likeness (QED) is 0.369. The number of nitrogens with one attached hydrogen (secondary N) is 2. The molecule has 0 spiro atoms. The molecule has 3 rings (SSSR count). The van der Waals surface area contributed by atoms with Crippen molar-refractivity contribution in [2.75, 3.05) is 17.2 Å². The van der Waals surface area contributed by atoms with E-state index in [0.717, 1.165) is 11.1 Å². The topological polar surface area (TPSA) is 134 Å². The first kappa shape index (κ1) is 24.4. The summed E-state index contributed by atoms with van der Waals surface area (Å²) in [6.07, 6.45) is 1.56. The average Bonchev–Trinajstić information content (AvgIpc) is 3.22. The number of hydrogen-bond acceptors (Lipinski definition) is 9. The molecule has 1 amide bonds. The first-order chi connectivity index (χ1) is 15.7. The SMILES string of the molecule is Cc1nc(NC(=O)CCC(=O)CO)cc(Nc2ncc(C(=O)Cc3c(C)cccc3Cl)s2)n1. The Hall–Kier alpha value is -3.21. The molecule has 0 aliphatic carbocycles. The Kier molecular flexibility index (Phi) is 8.21. The molecule has 2 heterocycles. The molecule has 0 saturated carbocycles. The number of aryl methyl sites for hydroxylation is 2. The van der Waals surface area contributed by atoms with Crippen molar-refractivity contribution in [3.63, 3.8) is 0 Å². The highest BCUT2D eigenvalue weighted by Gasteiger charge is 2.16. The lowest BCUT2D eigenvalue weighted by Gasteiger charge is -2.08.